The standard InChI is InChI=1S/C17H23N3O/c1-5-13-8-7-9-14(6-2)16(13)19-11-15(10-18)17(21)20-12(3)4/h7-9,11-12,19H,5-6H2,1-4H3,(H,20,21)/b15-11-. The summed E-state index contributed by atoms with van der Waals surface area (Å²) in [5, 5.41) is 15.0. The molecule has 112 valence electrons. The van der Waals surface area contributed by atoms with Crippen LogP contribution in [-0.2, 0) is 17.6 Å². The summed E-state index contributed by atoms with van der Waals surface area (Å²) in [6.45, 7) is 7.89. The maximum atomic E-state index is 11.9. The fraction of sp³-hybridized carbons (Fsp3) is 0.412. The molecule has 0 saturated carbocycles. The van der Waals surface area contributed by atoms with Crippen molar-refractivity contribution in [3.8, 4) is 6.07 Å². The van der Waals surface area contributed by atoms with Crippen LogP contribution in [0.3, 0.4) is 0 Å². The fourth-order valence-corrected chi connectivity index (χ4v) is 2.06. The first-order chi connectivity index (χ1) is 10.0. The van der Waals surface area contributed by atoms with Crippen LogP contribution in [0.25, 0.3) is 0 Å². The normalized spacial score (nSPS) is 11.1. The first kappa shape index (κ1) is 16.8. The minimum atomic E-state index is -0.355. The molecular formula is C17H23N3O. The summed E-state index contributed by atoms with van der Waals surface area (Å²) in [4.78, 5) is 11.9. The zero-order valence-corrected chi connectivity index (χ0v) is 13.2. The van der Waals surface area contributed by atoms with E-state index in [2.05, 4.69) is 36.6 Å². The Balaban J connectivity index is 3.02. The van der Waals surface area contributed by atoms with E-state index in [1.807, 2.05) is 26.0 Å². The summed E-state index contributed by atoms with van der Waals surface area (Å²) >= 11 is 0. The van der Waals surface area contributed by atoms with Crippen molar-refractivity contribution in [2.75, 3.05) is 5.32 Å². The monoisotopic (exact) mass is 285 g/mol. The van der Waals surface area contributed by atoms with E-state index in [4.69, 9.17) is 5.26 Å². The van der Waals surface area contributed by atoms with Crippen molar-refractivity contribution in [1.82, 2.24) is 5.32 Å². The van der Waals surface area contributed by atoms with Crippen LogP contribution in [-0.4, -0.2) is 11.9 Å². The third kappa shape index (κ3) is 4.64. The van der Waals surface area contributed by atoms with Crippen molar-refractivity contribution < 1.29 is 4.79 Å². The number of carbonyl (C=O) groups is 1. The average Bonchev–Trinajstić information content (AvgIpc) is 2.46. The second kappa shape index (κ2) is 8.11. The summed E-state index contributed by atoms with van der Waals surface area (Å²) in [5.74, 6) is -0.355. The molecule has 0 aromatic heterocycles. The summed E-state index contributed by atoms with van der Waals surface area (Å²) in [6, 6.07) is 8.08. The Kier molecular flexibility index (Phi) is 6.48. The highest BCUT2D eigenvalue weighted by Gasteiger charge is 2.11. The third-order valence-corrected chi connectivity index (χ3v) is 3.14. The molecule has 1 aromatic rings. The number of carbonyl (C=O) groups excluding carboxylic acids is 1. The SMILES string of the molecule is CCc1cccc(CC)c1N/C=C(/C#N)C(=O)NC(C)C. The molecule has 1 rings (SSSR count). The number of benzene rings is 1. The average molecular weight is 285 g/mol. The highest BCUT2D eigenvalue weighted by molar-refractivity contribution is 5.97. The molecule has 21 heavy (non-hydrogen) atoms. The molecular weight excluding hydrogens is 262 g/mol. The van der Waals surface area contributed by atoms with E-state index >= 15 is 0 Å². The number of hydrogen-bond donors (Lipinski definition) is 2. The zero-order valence-electron chi connectivity index (χ0n) is 13.2. The second-order valence-electron chi connectivity index (χ2n) is 5.10. The minimum Gasteiger partial charge on any atom is -0.360 e. The van der Waals surface area contributed by atoms with Gasteiger partial charge in [-0.25, -0.2) is 0 Å². The lowest BCUT2D eigenvalue weighted by atomic mass is 10.0. The Bertz CT molecular complexity index is 546. The number of nitrogens with one attached hydrogen (secondary N) is 2. The van der Waals surface area contributed by atoms with Gasteiger partial charge in [-0.2, -0.15) is 5.26 Å². The fourth-order valence-electron chi connectivity index (χ4n) is 2.06. The van der Waals surface area contributed by atoms with Crippen LogP contribution < -0.4 is 10.6 Å². The molecule has 0 spiro atoms. The number of nitrogens with zero attached hydrogens (tertiary/aromatic N) is 1. The molecule has 0 atom stereocenters. The third-order valence-electron chi connectivity index (χ3n) is 3.14. The van der Waals surface area contributed by atoms with Gasteiger partial charge in [0.2, 0.25) is 0 Å². The van der Waals surface area contributed by atoms with Crippen molar-refractivity contribution in [3.05, 3.63) is 41.1 Å². The second-order valence-corrected chi connectivity index (χ2v) is 5.10. The smallest absolute Gasteiger partial charge is 0.263 e. The predicted octanol–water partition coefficient (Wildman–Crippen LogP) is 3.16. The maximum absolute atomic E-state index is 11.9. The van der Waals surface area contributed by atoms with Gasteiger partial charge in [0.15, 0.2) is 0 Å². The number of nitriles is 1. The van der Waals surface area contributed by atoms with Crippen molar-refractivity contribution in [2.45, 2.75) is 46.6 Å². The highest BCUT2D eigenvalue weighted by atomic mass is 16.1. The quantitative estimate of drug-likeness (QED) is 0.623. The first-order valence-corrected chi connectivity index (χ1v) is 7.31. The topological polar surface area (TPSA) is 64.9 Å². The van der Waals surface area contributed by atoms with Gasteiger partial charge in [0.25, 0.3) is 5.91 Å². The number of aryl methyl sites for hydroxylation is 2. The van der Waals surface area contributed by atoms with Crippen molar-refractivity contribution in [3.63, 3.8) is 0 Å². The van der Waals surface area contributed by atoms with Gasteiger partial charge in [-0.1, -0.05) is 32.0 Å². The lowest BCUT2D eigenvalue weighted by molar-refractivity contribution is -0.117. The van der Waals surface area contributed by atoms with Crippen LogP contribution in [0.4, 0.5) is 5.69 Å². The molecule has 0 bridgehead atoms. The van der Waals surface area contributed by atoms with Gasteiger partial charge in [-0.3, -0.25) is 4.79 Å². The van der Waals surface area contributed by atoms with Gasteiger partial charge in [-0.05, 0) is 37.8 Å². The Morgan fingerprint density at radius 1 is 1.29 bits per heavy atom. The van der Waals surface area contributed by atoms with E-state index in [-0.39, 0.29) is 17.5 Å². The molecule has 1 amide bonds. The van der Waals surface area contributed by atoms with E-state index in [0.29, 0.717) is 0 Å². The molecule has 0 heterocycles. The molecule has 0 aliphatic rings. The Morgan fingerprint density at radius 3 is 2.29 bits per heavy atom. The number of hydrogen-bond acceptors (Lipinski definition) is 3. The van der Waals surface area contributed by atoms with Gasteiger partial charge in [0, 0.05) is 17.9 Å². The molecule has 2 N–H and O–H groups in total. The molecule has 1 aromatic carbocycles. The summed E-state index contributed by atoms with van der Waals surface area (Å²) in [7, 11) is 0. The van der Waals surface area contributed by atoms with Crippen molar-refractivity contribution in [2.24, 2.45) is 0 Å². The van der Waals surface area contributed by atoms with E-state index in [1.165, 1.54) is 17.3 Å². The van der Waals surface area contributed by atoms with Crippen LogP contribution in [0.5, 0.6) is 0 Å². The Morgan fingerprint density at radius 2 is 1.86 bits per heavy atom. The number of para-hydroxylation sites is 1. The zero-order chi connectivity index (χ0) is 15.8. The van der Waals surface area contributed by atoms with E-state index < -0.39 is 0 Å². The first-order valence-electron chi connectivity index (χ1n) is 7.31. The lowest BCUT2D eigenvalue weighted by Crippen LogP contribution is -2.31. The van der Waals surface area contributed by atoms with E-state index in [0.717, 1.165) is 18.5 Å². The number of anilines is 1. The van der Waals surface area contributed by atoms with Gasteiger partial charge < -0.3 is 10.6 Å². The van der Waals surface area contributed by atoms with Crippen molar-refractivity contribution in [1.29, 1.82) is 5.26 Å². The van der Waals surface area contributed by atoms with Crippen LogP contribution in [0.15, 0.2) is 30.0 Å². The molecule has 0 unspecified atom stereocenters. The van der Waals surface area contributed by atoms with Gasteiger partial charge >= 0.3 is 0 Å². The van der Waals surface area contributed by atoms with Crippen LogP contribution >= 0.6 is 0 Å². The molecule has 4 heteroatoms. The van der Waals surface area contributed by atoms with Gasteiger partial charge in [0.05, 0.1) is 0 Å². The Labute approximate surface area is 126 Å². The minimum absolute atomic E-state index is 0.00313. The van der Waals surface area contributed by atoms with Crippen molar-refractivity contribution >= 4 is 11.6 Å². The highest BCUT2D eigenvalue weighted by Crippen LogP contribution is 2.22. The molecule has 0 fully saturated rings. The predicted molar refractivity (Wildman–Crippen MR) is 85.8 cm³/mol. The van der Waals surface area contributed by atoms with E-state index in [9.17, 15) is 4.79 Å². The largest absolute Gasteiger partial charge is 0.360 e. The van der Waals surface area contributed by atoms with Crippen LogP contribution in [0, 0.1) is 11.3 Å². The molecule has 0 aliphatic carbocycles. The molecule has 0 aliphatic heterocycles. The summed E-state index contributed by atoms with van der Waals surface area (Å²) in [6.07, 6.45) is 3.28. The molecule has 0 saturated heterocycles. The molecule has 0 radical (unpaired) electrons. The lowest BCUT2D eigenvalue weighted by Gasteiger charge is -2.13. The van der Waals surface area contributed by atoms with Crippen LogP contribution in [0.1, 0.15) is 38.8 Å². The maximum Gasteiger partial charge on any atom is 0.263 e. The van der Waals surface area contributed by atoms with Gasteiger partial charge in [-0.15, -0.1) is 0 Å². The van der Waals surface area contributed by atoms with E-state index in [1.54, 1.807) is 0 Å². The molecule has 4 nitrogen and oxygen atoms in total. The number of amides is 1. The number of rotatable bonds is 6. The summed E-state index contributed by atoms with van der Waals surface area (Å²) < 4.78 is 0. The van der Waals surface area contributed by atoms with Crippen LogP contribution in [0.2, 0.25) is 0 Å². The summed E-state index contributed by atoms with van der Waals surface area (Å²) in [5.41, 5.74) is 3.42. The Hall–Kier alpha value is -2.28. The van der Waals surface area contributed by atoms with Gasteiger partial charge in [0.1, 0.15) is 11.6 Å².